The first-order valence-electron chi connectivity index (χ1n) is 10.3. The number of rotatable bonds is 6. The van der Waals surface area contributed by atoms with Crippen molar-refractivity contribution < 1.29 is 9.47 Å². The Morgan fingerprint density at radius 2 is 1.85 bits per heavy atom. The zero-order valence-corrected chi connectivity index (χ0v) is 17.0. The lowest BCUT2D eigenvalue weighted by Crippen LogP contribution is -2.50. The number of hydrogen-bond donors (Lipinski definition) is 2. The van der Waals surface area contributed by atoms with Crippen molar-refractivity contribution in [2.45, 2.75) is 44.4 Å². The second-order valence-corrected chi connectivity index (χ2v) is 7.87. The molecule has 0 bridgehead atoms. The molecular weight excluding hydrogens is 362 g/mol. The van der Waals surface area contributed by atoms with E-state index in [2.05, 4.69) is 39.8 Å². The molecule has 3 atom stereocenters. The molecule has 2 N–H and O–H groups in total. The van der Waals surface area contributed by atoms with Gasteiger partial charge in [-0.3, -0.25) is 4.90 Å². The smallest absolute Gasteiger partial charge is 0.0623 e. The SMILES string of the molecule is Cl.c1ccc(CN2CCOCC2)c(CNC2CCCC2C2COCCN2)c1. The van der Waals surface area contributed by atoms with E-state index in [9.17, 15) is 0 Å². The first kappa shape index (κ1) is 21.0. The normalized spacial score (nSPS) is 29.4. The number of nitrogens with one attached hydrogen (secondary N) is 2. The molecule has 1 aliphatic carbocycles. The monoisotopic (exact) mass is 395 g/mol. The minimum atomic E-state index is 0. The van der Waals surface area contributed by atoms with Gasteiger partial charge in [-0.15, -0.1) is 12.4 Å². The Kier molecular flexibility index (Phi) is 8.37. The highest BCUT2D eigenvalue weighted by atomic mass is 35.5. The summed E-state index contributed by atoms with van der Waals surface area (Å²) in [6.45, 7) is 8.53. The summed E-state index contributed by atoms with van der Waals surface area (Å²) < 4.78 is 11.2. The van der Waals surface area contributed by atoms with Crippen LogP contribution < -0.4 is 10.6 Å². The summed E-state index contributed by atoms with van der Waals surface area (Å²) in [5.74, 6) is 0.696. The van der Waals surface area contributed by atoms with Crippen LogP contribution in [0.2, 0.25) is 0 Å². The molecule has 27 heavy (non-hydrogen) atoms. The van der Waals surface area contributed by atoms with Gasteiger partial charge in [0.05, 0.1) is 26.4 Å². The molecule has 0 radical (unpaired) electrons. The van der Waals surface area contributed by atoms with Crippen molar-refractivity contribution in [3.8, 4) is 0 Å². The Balaban J connectivity index is 0.00000210. The van der Waals surface area contributed by atoms with Gasteiger partial charge in [-0.25, -0.2) is 0 Å². The maximum absolute atomic E-state index is 5.70. The van der Waals surface area contributed by atoms with Gasteiger partial charge in [-0.1, -0.05) is 30.7 Å². The van der Waals surface area contributed by atoms with Gasteiger partial charge < -0.3 is 20.1 Å². The van der Waals surface area contributed by atoms with Gasteiger partial charge in [0.1, 0.15) is 0 Å². The van der Waals surface area contributed by atoms with Crippen LogP contribution in [0.3, 0.4) is 0 Å². The van der Waals surface area contributed by atoms with Crippen molar-refractivity contribution in [2.24, 2.45) is 5.92 Å². The van der Waals surface area contributed by atoms with E-state index in [-0.39, 0.29) is 12.4 Å². The minimum Gasteiger partial charge on any atom is -0.379 e. The lowest BCUT2D eigenvalue weighted by atomic mass is 9.93. The van der Waals surface area contributed by atoms with E-state index >= 15 is 0 Å². The molecule has 0 spiro atoms. The van der Waals surface area contributed by atoms with Crippen LogP contribution in [-0.4, -0.2) is 63.0 Å². The van der Waals surface area contributed by atoms with Crippen molar-refractivity contribution in [3.05, 3.63) is 35.4 Å². The molecular formula is C21H34ClN3O2. The van der Waals surface area contributed by atoms with Crippen LogP contribution in [0.4, 0.5) is 0 Å². The quantitative estimate of drug-likeness (QED) is 0.773. The second-order valence-electron chi connectivity index (χ2n) is 7.87. The van der Waals surface area contributed by atoms with E-state index in [1.165, 1.54) is 30.4 Å². The number of halogens is 1. The van der Waals surface area contributed by atoms with E-state index in [4.69, 9.17) is 9.47 Å². The summed E-state index contributed by atoms with van der Waals surface area (Å²) in [4.78, 5) is 2.50. The van der Waals surface area contributed by atoms with Gasteiger partial charge in [-0.2, -0.15) is 0 Å². The van der Waals surface area contributed by atoms with E-state index in [0.29, 0.717) is 18.0 Å². The lowest BCUT2D eigenvalue weighted by molar-refractivity contribution is 0.0340. The van der Waals surface area contributed by atoms with Crippen molar-refractivity contribution in [3.63, 3.8) is 0 Å². The molecule has 2 aliphatic heterocycles. The molecule has 3 fully saturated rings. The Hall–Kier alpha value is -0.690. The zero-order valence-electron chi connectivity index (χ0n) is 16.2. The maximum Gasteiger partial charge on any atom is 0.0623 e. The summed E-state index contributed by atoms with van der Waals surface area (Å²) in [7, 11) is 0. The molecule has 1 aromatic carbocycles. The summed E-state index contributed by atoms with van der Waals surface area (Å²) in [6, 6.07) is 10.0. The summed E-state index contributed by atoms with van der Waals surface area (Å²) in [6.07, 6.45) is 3.93. The molecule has 4 rings (SSSR count). The van der Waals surface area contributed by atoms with Crippen molar-refractivity contribution in [1.29, 1.82) is 0 Å². The number of morpholine rings is 2. The van der Waals surface area contributed by atoms with E-state index in [1.807, 2.05) is 0 Å². The Morgan fingerprint density at radius 3 is 2.63 bits per heavy atom. The Bertz CT molecular complexity index is 562. The van der Waals surface area contributed by atoms with Crippen LogP contribution in [0.5, 0.6) is 0 Å². The molecule has 0 amide bonds. The van der Waals surface area contributed by atoms with Crippen LogP contribution in [-0.2, 0) is 22.6 Å². The van der Waals surface area contributed by atoms with Gasteiger partial charge in [0.25, 0.3) is 0 Å². The lowest BCUT2D eigenvalue weighted by Gasteiger charge is -2.33. The molecule has 0 aromatic heterocycles. The van der Waals surface area contributed by atoms with E-state index < -0.39 is 0 Å². The highest BCUT2D eigenvalue weighted by molar-refractivity contribution is 5.85. The van der Waals surface area contributed by atoms with Gasteiger partial charge in [0, 0.05) is 44.8 Å². The topological polar surface area (TPSA) is 45.8 Å². The number of nitrogens with zero attached hydrogens (tertiary/aromatic N) is 1. The Labute approximate surface area is 169 Å². The fourth-order valence-corrected chi connectivity index (χ4v) is 4.71. The highest BCUT2D eigenvalue weighted by Gasteiger charge is 2.34. The largest absolute Gasteiger partial charge is 0.379 e. The van der Waals surface area contributed by atoms with Crippen LogP contribution in [0.25, 0.3) is 0 Å². The predicted molar refractivity (Wildman–Crippen MR) is 110 cm³/mol. The van der Waals surface area contributed by atoms with Crippen LogP contribution in [0.15, 0.2) is 24.3 Å². The third-order valence-corrected chi connectivity index (χ3v) is 6.21. The van der Waals surface area contributed by atoms with Crippen LogP contribution in [0.1, 0.15) is 30.4 Å². The van der Waals surface area contributed by atoms with Crippen LogP contribution in [0, 0.1) is 5.92 Å². The number of hydrogen-bond acceptors (Lipinski definition) is 5. The first-order valence-corrected chi connectivity index (χ1v) is 10.3. The van der Waals surface area contributed by atoms with Crippen molar-refractivity contribution >= 4 is 12.4 Å². The molecule has 3 unspecified atom stereocenters. The van der Waals surface area contributed by atoms with Gasteiger partial charge in [0.2, 0.25) is 0 Å². The molecule has 2 heterocycles. The van der Waals surface area contributed by atoms with E-state index in [1.54, 1.807) is 0 Å². The van der Waals surface area contributed by atoms with Crippen molar-refractivity contribution in [2.75, 3.05) is 46.1 Å². The fourth-order valence-electron chi connectivity index (χ4n) is 4.71. The number of ether oxygens (including phenoxy) is 2. The van der Waals surface area contributed by atoms with E-state index in [0.717, 1.165) is 59.2 Å². The maximum atomic E-state index is 5.70. The fraction of sp³-hybridized carbons (Fsp3) is 0.714. The second kappa shape index (κ2) is 10.7. The summed E-state index contributed by atoms with van der Waals surface area (Å²) >= 11 is 0. The third kappa shape index (κ3) is 5.66. The van der Waals surface area contributed by atoms with Crippen molar-refractivity contribution in [1.82, 2.24) is 15.5 Å². The molecule has 1 aromatic rings. The summed E-state index contributed by atoms with van der Waals surface area (Å²) in [5.41, 5.74) is 2.90. The van der Waals surface area contributed by atoms with Gasteiger partial charge in [0.15, 0.2) is 0 Å². The van der Waals surface area contributed by atoms with Crippen LogP contribution >= 0.6 is 12.4 Å². The average molecular weight is 396 g/mol. The van der Waals surface area contributed by atoms with Gasteiger partial charge in [-0.05, 0) is 29.9 Å². The standard InChI is InChI=1S/C21H33N3O2.ClH/c1-2-5-18(15-24-9-12-25-13-10-24)17(4-1)14-23-20-7-3-6-19(20)21-16-26-11-8-22-21;/h1-2,4-5,19-23H,3,6-16H2;1H. The molecule has 2 saturated heterocycles. The molecule has 152 valence electrons. The third-order valence-electron chi connectivity index (χ3n) is 6.21. The first-order chi connectivity index (χ1) is 12.9. The molecule has 3 aliphatic rings. The Morgan fingerprint density at radius 1 is 1.04 bits per heavy atom. The van der Waals surface area contributed by atoms with Gasteiger partial charge >= 0.3 is 0 Å². The molecule has 6 heteroatoms. The summed E-state index contributed by atoms with van der Waals surface area (Å²) in [5, 5.41) is 7.56. The predicted octanol–water partition coefficient (Wildman–Crippen LogP) is 2.19. The zero-order chi connectivity index (χ0) is 17.6. The average Bonchev–Trinajstić information content (AvgIpc) is 3.17. The number of benzene rings is 1. The minimum absolute atomic E-state index is 0. The molecule has 1 saturated carbocycles. The molecule has 5 nitrogen and oxygen atoms in total. The highest BCUT2D eigenvalue weighted by Crippen LogP contribution is 2.30.